The van der Waals surface area contributed by atoms with Gasteiger partial charge in [0.05, 0.1) is 0 Å². The van der Waals surface area contributed by atoms with Crippen LogP contribution in [0.3, 0.4) is 0 Å². The van der Waals surface area contributed by atoms with E-state index in [4.69, 9.17) is 5.73 Å². The van der Waals surface area contributed by atoms with Crippen LogP contribution in [0.15, 0.2) is 42.6 Å². The van der Waals surface area contributed by atoms with Crippen molar-refractivity contribution in [3.05, 3.63) is 53.7 Å². The Labute approximate surface area is 105 Å². The van der Waals surface area contributed by atoms with Crippen LogP contribution in [0.2, 0.25) is 0 Å². The molecule has 2 heterocycles. The van der Waals surface area contributed by atoms with Crippen molar-refractivity contribution < 1.29 is 0 Å². The monoisotopic (exact) mass is 238 g/mol. The first-order valence-corrected chi connectivity index (χ1v) is 5.89. The van der Waals surface area contributed by atoms with E-state index in [9.17, 15) is 0 Å². The molecule has 4 nitrogen and oxygen atoms in total. The molecule has 18 heavy (non-hydrogen) atoms. The predicted octanol–water partition coefficient (Wildman–Crippen LogP) is 2.16. The number of pyridine rings is 1. The zero-order valence-corrected chi connectivity index (χ0v) is 10.2. The fourth-order valence-electron chi connectivity index (χ4n) is 1.95. The van der Waals surface area contributed by atoms with E-state index in [2.05, 4.69) is 41.4 Å². The largest absolute Gasteiger partial charge is 0.326 e. The zero-order valence-electron chi connectivity index (χ0n) is 10.2. The Balaban J connectivity index is 2.19. The summed E-state index contributed by atoms with van der Waals surface area (Å²) in [4.78, 5) is 0. The van der Waals surface area contributed by atoms with Crippen LogP contribution in [0.5, 0.6) is 0 Å². The molecule has 0 fully saturated rings. The fraction of sp³-hybridized carbons (Fsp3) is 0.143. The summed E-state index contributed by atoms with van der Waals surface area (Å²) in [6.07, 6.45) is 1.99. The molecule has 4 heteroatoms. The second kappa shape index (κ2) is 4.23. The molecule has 0 radical (unpaired) electrons. The number of nitrogens with zero attached hydrogens (tertiary/aromatic N) is 3. The third kappa shape index (κ3) is 1.76. The Morgan fingerprint density at radius 3 is 2.56 bits per heavy atom. The molecule has 1 aromatic carbocycles. The highest BCUT2D eigenvalue weighted by Crippen LogP contribution is 2.19. The van der Waals surface area contributed by atoms with Crippen LogP contribution in [0.4, 0.5) is 0 Å². The molecule has 0 aliphatic heterocycles. The summed E-state index contributed by atoms with van der Waals surface area (Å²) >= 11 is 0. The number of aromatic nitrogens is 3. The van der Waals surface area contributed by atoms with Gasteiger partial charge >= 0.3 is 0 Å². The molecule has 0 spiro atoms. The van der Waals surface area contributed by atoms with E-state index in [-0.39, 0.29) is 0 Å². The Kier molecular flexibility index (Phi) is 2.57. The lowest BCUT2D eigenvalue weighted by Crippen LogP contribution is -1.99. The molecule has 3 rings (SSSR count). The molecular formula is C14H14N4. The summed E-state index contributed by atoms with van der Waals surface area (Å²) in [5.74, 6) is 0.848. The molecular weight excluding hydrogens is 224 g/mol. The maximum Gasteiger partial charge on any atom is 0.168 e. The van der Waals surface area contributed by atoms with Gasteiger partial charge in [0.2, 0.25) is 0 Å². The van der Waals surface area contributed by atoms with Gasteiger partial charge in [0.1, 0.15) is 0 Å². The second-order valence-electron chi connectivity index (χ2n) is 4.36. The number of hydrogen-bond donors (Lipinski definition) is 1. The normalized spacial score (nSPS) is 11.0. The highest BCUT2D eigenvalue weighted by molar-refractivity contribution is 5.59. The van der Waals surface area contributed by atoms with Gasteiger partial charge in [-0.2, -0.15) is 0 Å². The molecule has 0 unspecified atom stereocenters. The number of nitrogens with two attached hydrogens (primary N) is 1. The molecule has 0 bridgehead atoms. The van der Waals surface area contributed by atoms with Crippen molar-refractivity contribution in [1.82, 2.24) is 14.6 Å². The van der Waals surface area contributed by atoms with Gasteiger partial charge in [0.25, 0.3) is 0 Å². The van der Waals surface area contributed by atoms with Gasteiger partial charge in [-0.15, -0.1) is 10.2 Å². The average molecular weight is 238 g/mol. The average Bonchev–Trinajstić information content (AvgIpc) is 2.82. The molecule has 2 N–H and O–H groups in total. The highest BCUT2D eigenvalue weighted by atomic mass is 15.2. The van der Waals surface area contributed by atoms with Crippen molar-refractivity contribution in [2.24, 2.45) is 5.73 Å². The molecule has 0 atom stereocenters. The lowest BCUT2D eigenvalue weighted by Gasteiger charge is -2.02. The van der Waals surface area contributed by atoms with E-state index in [1.54, 1.807) is 0 Å². The second-order valence-corrected chi connectivity index (χ2v) is 4.36. The number of fused-ring (bicyclic) bond motifs is 1. The van der Waals surface area contributed by atoms with Crippen LogP contribution < -0.4 is 5.73 Å². The van der Waals surface area contributed by atoms with Crippen LogP contribution >= 0.6 is 0 Å². The quantitative estimate of drug-likeness (QED) is 0.744. The van der Waals surface area contributed by atoms with Gasteiger partial charge in [-0.25, -0.2) is 0 Å². The van der Waals surface area contributed by atoms with Gasteiger partial charge in [-0.3, -0.25) is 4.40 Å². The molecule has 90 valence electrons. The highest BCUT2D eigenvalue weighted by Gasteiger charge is 2.07. The molecule has 3 aromatic rings. The summed E-state index contributed by atoms with van der Waals surface area (Å²) in [6, 6.07) is 12.2. The van der Waals surface area contributed by atoms with Crippen molar-refractivity contribution in [2.45, 2.75) is 13.5 Å². The van der Waals surface area contributed by atoms with Crippen LogP contribution in [-0.4, -0.2) is 14.6 Å². The van der Waals surface area contributed by atoms with Crippen molar-refractivity contribution in [3.8, 4) is 11.4 Å². The minimum absolute atomic E-state index is 0.515. The van der Waals surface area contributed by atoms with Gasteiger partial charge in [-0.05, 0) is 18.6 Å². The van der Waals surface area contributed by atoms with Gasteiger partial charge in [-0.1, -0.05) is 35.9 Å². The molecule has 0 aliphatic carbocycles. The molecule has 0 amide bonds. The SMILES string of the molecule is Cc1ccc(-c2nnc3ccc(CN)cn23)cc1. The zero-order chi connectivity index (χ0) is 12.5. The van der Waals surface area contributed by atoms with E-state index in [0.717, 1.165) is 22.6 Å². The molecule has 2 aromatic heterocycles. The smallest absolute Gasteiger partial charge is 0.168 e. The lowest BCUT2D eigenvalue weighted by molar-refractivity contribution is 1.03. The molecule has 0 aliphatic rings. The first-order valence-electron chi connectivity index (χ1n) is 5.89. The summed E-state index contributed by atoms with van der Waals surface area (Å²) in [5, 5.41) is 8.41. The fourth-order valence-corrected chi connectivity index (χ4v) is 1.95. The standard InChI is InChI=1S/C14H14N4/c1-10-2-5-12(6-3-10)14-17-16-13-7-4-11(8-15)9-18(13)14/h2-7,9H,8,15H2,1H3. The Hall–Kier alpha value is -2.20. The maximum absolute atomic E-state index is 5.66. The topological polar surface area (TPSA) is 56.2 Å². The Morgan fingerprint density at radius 1 is 1.06 bits per heavy atom. The third-order valence-electron chi connectivity index (χ3n) is 3.01. The summed E-state index contributed by atoms with van der Waals surface area (Å²) in [5.41, 5.74) is 9.85. The molecule has 0 saturated carbocycles. The van der Waals surface area contributed by atoms with Crippen LogP contribution in [-0.2, 0) is 6.54 Å². The van der Waals surface area contributed by atoms with Crippen molar-refractivity contribution in [3.63, 3.8) is 0 Å². The summed E-state index contributed by atoms with van der Waals surface area (Å²) < 4.78 is 1.98. The first kappa shape index (κ1) is 10.9. The van der Waals surface area contributed by atoms with E-state index in [0.29, 0.717) is 6.54 Å². The first-order chi connectivity index (χ1) is 8.78. The van der Waals surface area contributed by atoms with E-state index in [1.807, 2.05) is 22.7 Å². The Morgan fingerprint density at radius 2 is 1.83 bits per heavy atom. The predicted molar refractivity (Wildman–Crippen MR) is 71.1 cm³/mol. The van der Waals surface area contributed by atoms with E-state index in [1.165, 1.54) is 5.56 Å². The Bertz CT molecular complexity index is 683. The van der Waals surface area contributed by atoms with Gasteiger partial charge in [0.15, 0.2) is 11.5 Å². The van der Waals surface area contributed by atoms with Crippen molar-refractivity contribution >= 4 is 5.65 Å². The summed E-state index contributed by atoms with van der Waals surface area (Å²) in [7, 11) is 0. The third-order valence-corrected chi connectivity index (χ3v) is 3.01. The van der Waals surface area contributed by atoms with Gasteiger partial charge in [0, 0.05) is 18.3 Å². The van der Waals surface area contributed by atoms with Crippen molar-refractivity contribution in [1.29, 1.82) is 0 Å². The number of hydrogen-bond acceptors (Lipinski definition) is 3. The van der Waals surface area contributed by atoms with E-state index >= 15 is 0 Å². The van der Waals surface area contributed by atoms with Crippen LogP contribution in [0, 0.1) is 6.92 Å². The van der Waals surface area contributed by atoms with Crippen LogP contribution in [0.25, 0.3) is 17.0 Å². The number of benzene rings is 1. The lowest BCUT2D eigenvalue weighted by atomic mass is 10.1. The van der Waals surface area contributed by atoms with Crippen LogP contribution in [0.1, 0.15) is 11.1 Å². The maximum atomic E-state index is 5.66. The minimum Gasteiger partial charge on any atom is -0.326 e. The molecule has 0 saturated heterocycles. The number of rotatable bonds is 2. The van der Waals surface area contributed by atoms with Crippen molar-refractivity contribution in [2.75, 3.05) is 0 Å². The summed E-state index contributed by atoms with van der Waals surface area (Å²) in [6.45, 7) is 2.58. The minimum atomic E-state index is 0.515. The number of aryl methyl sites for hydroxylation is 1. The van der Waals surface area contributed by atoms with E-state index < -0.39 is 0 Å². The van der Waals surface area contributed by atoms with Gasteiger partial charge < -0.3 is 5.73 Å².